The molecule has 1 N–H and O–H groups in total. The van der Waals surface area contributed by atoms with E-state index in [9.17, 15) is 0 Å². The number of rotatable bonds is 3. The normalized spacial score (nSPS) is 15.1. The van der Waals surface area contributed by atoms with E-state index >= 15 is 0 Å². The van der Waals surface area contributed by atoms with E-state index in [1.807, 2.05) is 19.9 Å². The van der Waals surface area contributed by atoms with E-state index < -0.39 is 0 Å². The molecule has 0 spiro atoms. The largest absolute Gasteiger partial charge is 0.371 e. The first kappa shape index (κ1) is 11.3. The molecule has 1 heterocycles. The van der Waals surface area contributed by atoms with Crippen molar-refractivity contribution >= 4 is 12.2 Å². The summed E-state index contributed by atoms with van der Waals surface area (Å²) in [4.78, 5) is 7.47. The summed E-state index contributed by atoms with van der Waals surface area (Å²) in [5.41, 5.74) is 0.635. The van der Waals surface area contributed by atoms with Crippen LogP contribution in [0.15, 0.2) is 6.07 Å². The average Bonchev–Trinajstić information content (AvgIpc) is 2.15. The molecule has 1 aromatic rings. The van der Waals surface area contributed by atoms with Gasteiger partial charge in [0.15, 0.2) is 0 Å². The van der Waals surface area contributed by atoms with Crippen molar-refractivity contribution in [3.63, 3.8) is 0 Å². The molecule has 0 saturated carbocycles. The molecule has 1 rings (SSSR count). The Hall–Kier alpha value is -0.740. The van der Waals surface area contributed by atoms with Crippen LogP contribution in [0, 0.1) is 11.6 Å². The maximum Gasteiger partial charge on any atom is 0.139 e. The number of aryl methyl sites for hydroxylation is 1. The third-order valence-corrected chi connectivity index (χ3v) is 2.71. The second-order valence-corrected chi connectivity index (χ2v) is 3.96. The molecule has 0 aliphatic carbocycles. The summed E-state index contributed by atoms with van der Waals surface area (Å²) < 4.78 is 6.05. The smallest absolute Gasteiger partial charge is 0.139 e. The highest BCUT2D eigenvalue weighted by molar-refractivity contribution is 7.71. The number of aromatic nitrogens is 2. The molecule has 14 heavy (non-hydrogen) atoms. The lowest BCUT2D eigenvalue weighted by molar-refractivity contribution is -0.00919. The third-order valence-electron chi connectivity index (χ3n) is 2.50. The minimum Gasteiger partial charge on any atom is -0.371 e. The van der Waals surface area contributed by atoms with Crippen LogP contribution >= 0.6 is 12.2 Å². The number of nitrogens with zero attached hydrogens (tertiary/aromatic N) is 1. The van der Waals surface area contributed by atoms with Gasteiger partial charge in [0.1, 0.15) is 16.1 Å². The lowest BCUT2D eigenvalue weighted by Gasteiger charge is -2.25. The van der Waals surface area contributed by atoms with E-state index in [0.29, 0.717) is 4.64 Å². The fourth-order valence-electron chi connectivity index (χ4n) is 1.24. The van der Waals surface area contributed by atoms with E-state index in [1.165, 1.54) is 0 Å². The molecular weight excluding hydrogens is 196 g/mol. The summed E-state index contributed by atoms with van der Waals surface area (Å²) in [6.45, 7) is 6.02. The third kappa shape index (κ3) is 2.19. The van der Waals surface area contributed by atoms with Crippen LogP contribution in [0.25, 0.3) is 0 Å². The van der Waals surface area contributed by atoms with Crippen molar-refractivity contribution in [2.45, 2.75) is 32.8 Å². The highest BCUT2D eigenvalue weighted by Gasteiger charge is 2.26. The van der Waals surface area contributed by atoms with Gasteiger partial charge in [-0.05, 0) is 26.3 Å². The Bertz CT molecular complexity index is 369. The minimum atomic E-state index is -0.375. The molecule has 1 aromatic heterocycles. The SMILES string of the molecule is CCC(C)(OC)c1nc(=S)cc(C)[nH]1. The molecule has 1 unspecified atom stereocenters. The maximum atomic E-state index is 5.44. The molecule has 0 bridgehead atoms. The van der Waals surface area contributed by atoms with Crippen molar-refractivity contribution in [3.8, 4) is 0 Å². The molecule has 78 valence electrons. The van der Waals surface area contributed by atoms with E-state index in [1.54, 1.807) is 7.11 Å². The van der Waals surface area contributed by atoms with E-state index in [2.05, 4.69) is 16.9 Å². The number of methoxy groups -OCH3 is 1. The minimum absolute atomic E-state index is 0.375. The standard InChI is InChI=1S/C10H16N2OS/c1-5-10(3,13-4)9-11-7(2)6-8(14)12-9/h6H,5H2,1-4H3,(H,11,12,14). The molecular formula is C10H16N2OS. The molecule has 0 aliphatic rings. The Labute approximate surface area is 89.5 Å². The Morgan fingerprint density at radius 1 is 1.64 bits per heavy atom. The number of aromatic amines is 1. The fraction of sp³-hybridized carbons (Fsp3) is 0.600. The van der Waals surface area contributed by atoms with Gasteiger partial charge in [-0.15, -0.1) is 0 Å². The van der Waals surface area contributed by atoms with Crippen LogP contribution in [0.3, 0.4) is 0 Å². The molecule has 1 atom stereocenters. The van der Waals surface area contributed by atoms with Crippen molar-refractivity contribution in [3.05, 3.63) is 22.2 Å². The first-order chi connectivity index (χ1) is 6.51. The number of nitrogens with one attached hydrogen (secondary N) is 1. The van der Waals surface area contributed by atoms with Gasteiger partial charge in [0, 0.05) is 12.8 Å². The van der Waals surface area contributed by atoms with Crippen LogP contribution in [-0.2, 0) is 10.3 Å². The Morgan fingerprint density at radius 2 is 2.29 bits per heavy atom. The second-order valence-electron chi connectivity index (χ2n) is 3.54. The van der Waals surface area contributed by atoms with Crippen LogP contribution in [0.2, 0.25) is 0 Å². The Kier molecular flexibility index (Phi) is 3.39. The molecule has 0 aromatic carbocycles. The topological polar surface area (TPSA) is 37.9 Å². The van der Waals surface area contributed by atoms with Gasteiger partial charge in [0.2, 0.25) is 0 Å². The first-order valence-electron chi connectivity index (χ1n) is 4.65. The van der Waals surface area contributed by atoms with Crippen LogP contribution in [-0.4, -0.2) is 17.1 Å². The van der Waals surface area contributed by atoms with Crippen molar-refractivity contribution in [1.82, 2.24) is 9.97 Å². The number of H-pyrrole nitrogens is 1. The summed E-state index contributed by atoms with van der Waals surface area (Å²) in [5, 5.41) is 0. The van der Waals surface area contributed by atoms with Gasteiger partial charge in [0.25, 0.3) is 0 Å². The monoisotopic (exact) mass is 212 g/mol. The van der Waals surface area contributed by atoms with Crippen LogP contribution in [0.5, 0.6) is 0 Å². The van der Waals surface area contributed by atoms with Crippen LogP contribution < -0.4 is 0 Å². The highest BCUT2D eigenvalue weighted by Crippen LogP contribution is 2.24. The lowest BCUT2D eigenvalue weighted by Crippen LogP contribution is -2.26. The number of hydrogen-bond acceptors (Lipinski definition) is 3. The zero-order valence-corrected chi connectivity index (χ0v) is 9.86. The summed E-state index contributed by atoms with van der Waals surface area (Å²) >= 11 is 5.07. The average molecular weight is 212 g/mol. The first-order valence-corrected chi connectivity index (χ1v) is 5.06. The van der Waals surface area contributed by atoms with Crippen molar-refractivity contribution < 1.29 is 4.74 Å². The van der Waals surface area contributed by atoms with Gasteiger partial charge in [-0.2, -0.15) is 0 Å². The zero-order chi connectivity index (χ0) is 10.8. The molecule has 0 radical (unpaired) electrons. The van der Waals surface area contributed by atoms with Gasteiger partial charge in [-0.25, -0.2) is 4.98 Å². The summed E-state index contributed by atoms with van der Waals surface area (Å²) in [6.07, 6.45) is 0.852. The highest BCUT2D eigenvalue weighted by atomic mass is 32.1. The molecule has 4 heteroatoms. The molecule has 0 amide bonds. The fourth-order valence-corrected chi connectivity index (χ4v) is 1.51. The molecule has 0 aliphatic heterocycles. The Balaban J connectivity index is 3.24. The van der Waals surface area contributed by atoms with Gasteiger partial charge >= 0.3 is 0 Å². The van der Waals surface area contributed by atoms with E-state index in [4.69, 9.17) is 17.0 Å². The van der Waals surface area contributed by atoms with Crippen molar-refractivity contribution in [1.29, 1.82) is 0 Å². The molecule has 0 fully saturated rings. The Morgan fingerprint density at radius 3 is 2.71 bits per heavy atom. The van der Waals surface area contributed by atoms with Crippen LogP contribution in [0.1, 0.15) is 31.8 Å². The molecule has 3 nitrogen and oxygen atoms in total. The van der Waals surface area contributed by atoms with Gasteiger partial charge < -0.3 is 9.72 Å². The number of ether oxygens (including phenoxy) is 1. The summed E-state index contributed by atoms with van der Waals surface area (Å²) in [7, 11) is 1.68. The van der Waals surface area contributed by atoms with E-state index in [0.717, 1.165) is 17.9 Å². The predicted octanol–water partition coefficient (Wildman–Crippen LogP) is 2.72. The lowest BCUT2D eigenvalue weighted by atomic mass is 10.0. The van der Waals surface area contributed by atoms with Gasteiger partial charge in [-0.1, -0.05) is 19.1 Å². The maximum absolute atomic E-state index is 5.44. The van der Waals surface area contributed by atoms with Gasteiger partial charge in [0.05, 0.1) is 0 Å². The van der Waals surface area contributed by atoms with Crippen LogP contribution in [0.4, 0.5) is 0 Å². The quantitative estimate of drug-likeness (QED) is 0.783. The van der Waals surface area contributed by atoms with E-state index in [-0.39, 0.29) is 5.60 Å². The van der Waals surface area contributed by atoms with Crippen molar-refractivity contribution in [2.75, 3.05) is 7.11 Å². The van der Waals surface area contributed by atoms with Gasteiger partial charge in [-0.3, -0.25) is 0 Å². The number of hydrogen-bond donors (Lipinski definition) is 1. The van der Waals surface area contributed by atoms with Crippen molar-refractivity contribution in [2.24, 2.45) is 0 Å². The summed E-state index contributed by atoms with van der Waals surface area (Å²) in [5.74, 6) is 0.799. The molecule has 0 saturated heterocycles. The zero-order valence-electron chi connectivity index (χ0n) is 9.05. The predicted molar refractivity (Wildman–Crippen MR) is 58.8 cm³/mol. The second kappa shape index (κ2) is 4.19. The summed E-state index contributed by atoms with van der Waals surface area (Å²) in [6, 6.07) is 1.84.